The van der Waals surface area contributed by atoms with Gasteiger partial charge in [-0.15, -0.1) is 0 Å². The van der Waals surface area contributed by atoms with Crippen molar-refractivity contribution in [2.75, 3.05) is 14.1 Å². The van der Waals surface area contributed by atoms with Crippen molar-refractivity contribution >= 4 is 10.8 Å². The fourth-order valence-electron chi connectivity index (χ4n) is 2.04. The third-order valence-electron chi connectivity index (χ3n) is 2.80. The van der Waals surface area contributed by atoms with Crippen molar-refractivity contribution in [2.24, 2.45) is 0 Å². The Morgan fingerprint density at radius 1 is 0.812 bits per heavy atom. The molecule has 0 aliphatic heterocycles. The topological polar surface area (TPSA) is 24.1 Å². The molecule has 2 aromatic carbocycles. The fourth-order valence-corrected chi connectivity index (χ4v) is 2.04. The van der Waals surface area contributed by atoms with E-state index in [1.54, 1.807) is 0 Å². The Balaban J connectivity index is 2.51. The molecular weight excluding hydrogens is 196 g/mol. The van der Waals surface area contributed by atoms with E-state index in [0.717, 1.165) is 13.1 Å². The Labute approximate surface area is 96.7 Å². The molecule has 2 heteroatoms. The second kappa shape index (κ2) is 5.10. The molecule has 0 saturated carbocycles. The summed E-state index contributed by atoms with van der Waals surface area (Å²) in [5.74, 6) is 0. The van der Waals surface area contributed by atoms with E-state index >= 15 is 0 Å². The summed E-state index contributed by atoms with van der Waals surface area (Å²) in [6.45, 7) is 1.84. The van der Waals surface area contributed by atoms with Crippen molar-refractivity contribution in [2.45, 2.75) is 13.1 Å². The molecule has 0 aliphatic rings. The predicted octanol–water partition coefficient (Wildman–Crippen LogP) is 2.28. The maximum Gasteiger partial charge on any atom is 0.0205 e. The van der Waals surface area contributed by atoms with Gasteiger partial charge < -0.3 is 10.6 Å². The number of rotatable bonds is 4. The lowest BCUT2D eigenvalue weighted by molar-refractivity contribution is 0.769. The molecule has 2 aromatic rings. The van der Waals surface area contributed by atoms with Crippen molar-refractivity contribution in [3.05, 3.63) is 47.5 Å². The van der Waals surface area contributed by atoms with E-state index in [9.17, 15) is 0 Å². The Kier molecular flexibility index (Phi) is 3.54. The summed E-state index contributed by atoms with van der Waals surface area (Å²) in [5, 5.41) is 9.06. The van der Waals surface area contributed by atoms with Gasteiger partial charge in [0.1, 0.15) is 0 Å². The van der Waals surface area contributed by atoms with Crippen LogP contribution in [-0.2, 0) is 13.1 Å². The molecular formula is C14H18N2. The summed E-state index contributed by atoms with van der Waals surface area (Å²) in [6.07, 6.45) is 0. The Bertz CT molecular complexity index is 433. The minimum absolute atomic E-state index is 0.918. The maximum absolute atomic E-state index is 3.22. The van der Waals surface area contributed by atoms with E-state index in [2.05, 4.69) is 47.0 Å². The van der Waals surface area contributed by atoms with Gasteiger partial charge in [-0.1, -0.05) is 24.3 Å². The molecule has 0 saturated heterocycles. The Morgan fingerprint density at radius 3 is 1.62 bits per heavy atom. The number of hydrogen-bond acceptors (Lipinski definition) is 2. The molecule has 84 valence electrons. The van der Waals surface area contributed by atoms with E-state index in [1.807, 2.05) is 14.1 Å². The highest BCUT2D eigenvalue weighted by atomic mass is 14.8. The third kappa shape index (κ3) is 2.23. The van der Waals surface area contributed by atoms with Crippen molar-refractivity contribution in [3.63, 3.8) is 0 Å². The highest BCUT2D eigenvalue weighted by molar-refractivity contribution is 5.84. The molecule has 0 heterocycles. The van der Waals surface area contributed by atoms with Crippen LogP contribution in [0.3, 0.4) is 0 Å². The average Bonchev–Trinajstić information content (AvgIpc) is 2.30. The maximum atomic E-state index is 3.22. The molecule has 0 unspecified atom stereocenters. The van der Waals surface area contributed by atoms with E-state index < -0.39 is 0 Å². The number of fused-ring (bicyclic) bond motifs is 1. The predicted molar refractivity (Wildman–Crippen MR) is 69.5 cm³/mol. The third-order valence-corrected chi connectivity index (χ3v) is 2.80. The van der Waals surface area contributed by atoms with Crippen molar-refractivity contribution in [1.29, 1.82) is 0 Å². The lowest BCUT2D eigenvalue weighted by atomic mass is 10.0. The highest BCUT2D eigenvalue weighted by Gasteiger charge is 2.03. The summed E-state index contributed by atoms with van der Waals surface area (Å²) < 4.78 is 0. The van der Waals surface area contributed by atoms with Crippen LogP contribution in [0.25, 0.3) is 10.8 Å². The van der Waals surface area contributed by atoms with Gasteiger partial charge in [0.15, 0.2) is 0 Å². The first-order valence-electron chi connectivity index (χ1n) is 5.65. The van der Waals surface area contributed by atoms with E-state index in [4.69, 9.17) is 0 Å². The first-order valence-corrected chi connectivity index (χ1v) is 5.65. The molecule has 0 aromatic heterocycles. The SMILES string of the molecule is CNCc1cc2ccccc2cc1CNC. The molecule has 0 atom stereocenters. The zero-order valence-electron chi connectivity index (χ0n) is 9.88. The van der Waals surface area contributed by atoms with Gasteiger partial charge in [-0.05, 0) is 48.1 Å². The van der Waals surface area contributed by atoms with Gasteiger partial charge in [-0.25, -0.2) is 0 Å². The average molecular weight is 214 g/mol. The van der Waals surface area contributed by atoms with Crippen LogP contribution in [0, 0.1) is 0 Å². The summed E-state index contributed by atoms with van der Waals surface area (Å²) in [4.78, 5) is 0. The lowest BCUT2D eigenvalue weighted by Gasteiger charge is -2.11. The molecule has 2 rings (SSSR count). The first-order chi connectivity index (χ1) is 7.85. The minimum Gasteiger partial charge on any atom is -0.316 e. The van der Waals surface area contributed by atoms with Crippen molar-refractivity contribution < 1.29 is 0 Å². The molecule has 0 aliphatic carbocycles. The van der Waals surface area contributed by atoms with E-state index in [1.165, 1.54) is 21.9 Å². The summed E-state index contributed by atoms with van der Waals surface area (Å²) >= 11 is 0. The van der Waals surface area contributed by atoms with Crippen LogP contribution < -0.4 is 10.6 Å². The molecule has 0 bridgehead atoms. The van der Waals surface area contributed by atoms with Gasteiger partial charge in [0.25, 0.3) is 0 Å². The van der Waals surface area contributed by atoms with Crippen LogP contribution in [-0.4, -0.2) is 14.1 Å². The van der Waals surface area contributed by atoms with E-state index in [-0.39, 0.29) is 0 Å². The van der Waals surface area contributed by atoms with Crippen LogP contribution in [0.1, 0.15) is 11.1 Å². The van der Waals surface area contributed by atoms with Gasteiger partial charge in [-0.2, -0.15) is 0 Å². The highest BCUT2D eigenvalue weighted by Crippen LogP contribution is 2.20. The number of hydrogen-bond donors (Lipinski definition) is 2. The smallest absolute Gasteiger partial charge is 0.0205 e. The Hall–Kier alpha value is -1.38. The van der Waals surface area contributed by atoms with Gasteiger partial charge in [-0.3, -0.25) is 0 Å². The lowest BCUT2D eigenvalue weighted by Crippen LogP contribution is -2.12. The van der Waals surface area contributed by atoms with Crippen LogP contribution in [0.15, 0.2) is 36.4 Å². The summed E-state index contributed by atoms with van der Waals surface area (Å²) in [7, 11) is 3.97. The molecule has 2 N–H and O–H groups in total. The largest absolute Gasteiger partial charge is 0.316 e. The first kappa shape index (κ1) is 11.1. The monoisotopic (exact) mass is 214 g/mol. The van der Waals surface area contributed by atoms with Crippen LogP contribution in [0.5, 0.6) is 0 Å². The van der Waals surface area contributed by atoms with Crippen molar-refractivity contribution in [3.8, 4) is 0 Å². The quantitative estimate of drug-likeness (QED) is 0.816. The molecule has 0 amide bonds. The normalized spacial score (nSPS) is 10.9. The van der Waals surface area contributed by atoms with Gasteiger partial charge in [0, 0.05) is 13.1 Å². The van der Waals surface area contributed by atoms with Crippen molar-refractivity contribution in [1.82, 2.24) is 10.6 Å². The molecule has 0 spiro atoms. The van der Waals surface area contributed by atoms with Crippen LogP contribution >= 0.6 is 0 Å². The Morgan fingerprint density at radius 2 is 1.25 bits per heavy atom. The summed E-state index contributed by atoms with van der Waals surface area (Å²) in [5.41, 5.74) is 2.74. The molecule has 2 nitrogen and oxygen atoms in total. The second-order valence-electron chi connectivity index (χ2n) is 4.03. The fraction of sp³-hybridized carbons (Fsp3) is 0.286. The van der Waals surface area contributed by atoms with E-state index in [0.29, 0.717) is 0 Å². The number of nitrogens with one attached hydrogen (secondary N) is 2. The van der Waals surface area contributed by atoms with Gasteiger partial charge >= 0.3 is 0 Å². The second-order valence-corrected chi connectivity index (χ2v) is 4.03. The zero-order valence-corrected chi connectivity index (χ0v) is 9.88. The van der Waals surface area contributed by atoms with Crippen LogP contribution in [0.2, 0.25) is 0 Å². The molecule has 0 radical (unpaired) electrons. The number of benzene rings is 2. The van der Waals surface area contributed by atoms with Gasteiger partial charge in [0.2, 0.25) is 0 Å². The molecule has 16 heavy (non-hydrogen) atoms. The van der Waals surface area contributed by atoms with Crippen LogP contribution in [0.4, 0.5) is 0 Å². The standard InChI is InChI=1S/C14H18N2/c1-15-9-13-7-11-5-3-4-6-12(11)8-14(13)10-16-2/h3-8,15-16H,9-10H2,1-2H3. The molecule has 0 fully saturated rings. The van der Waals surface area contributed by atoms with Gasteiger partial charge in [0.05, 0.1) is 0 Å². The zero-order chi connectivity index (χ0) is 11.4. The minimum atomic E-state index is 0.918. The summed E-state index contributed by atoms with van der Waals surface area (Å²) in [6, 6.07) is 13.1.